The summed E-state index contributed by atoms with van der Waals surface area (Å²) in [6.07, 6.45) is 0.603. The van der Waals surface area contributed by atoms with Crippen molar-refractivity contribution < 1.29 is 49.3 Å². The molecule has 0 aromatic heterocycles. The van der Waals surface area contributed by atoms with Crippen molar-refractivity contribution in [1.29, 1.82) is 0 Å². The van der Waals surface area contributed by atoms with Gasteiger partial charge in [-0.1, -0.05) is 13.0 Å². The zero-order valence-electron chi connectivity index (χ0n) is 23.9. The molecule has 1 aliphatic heterocycles. The van der Waals surface area contributed by atoms with Gasteiger partial charge in [-0.25, -0.2) is 0 Å². The zero-order valence-corrected chi connectivity index (χ0v) is 23.9. The number of hydrogen-bond donors (Lipinski definition) is 6. The standard InChI is InChI=1S/C30H43NO10/c1-4-31-20(7-10-28(35)36)17-40-27-15-19(14-26(39-3)29(27)37)30-22(11-12-32)24(34)16-21(41-30)8-5-18-6-9-23(33)25(13-18)38-2/h6,9,13-15,20-22,24,30-34,37H,4-5,7-8,10-12,16-17H2,1-3H3,(H,35,36). The van der Waals surface area contributed by atoms with Gasteiger partial charge >= 0.3 is 5.97 Å². The van der Waals surface area contributed by atoms with Crippen LogP contribution in [-0.2, 0) is 16.0 Å². The molecule has 5 unspecified atom stereocenters. The van der Waals surface area contributed by atoms with Gasteiger partial charge < -0.3 is 49.8 Å². The van der Waals surface area contributed by atoms with E-state index in [4.69, 9.17) is 24.1 Å². The zero-order chi connectivity index (χ0) is 29.9. The molecule has 1 saturated heterocycles. The summed E-state index contributed by atoms with van der Waals surface area (Å²) in [7, 11) is 2.92. The highest BCUT2D eigenvalue weighted by Crippen LogP contribution is 2.45. The van der Waals surface area contributed by atoms with Crippen LogP contribution in [0.3, 0.4) is 0 Å². The number of aliphatic carboxylic acids is 1. The molecule has 0 radical (unpaired) electrons. The average Bonchev–Trinajstić information content (AvgIpc) is 2.95. The van der Waals surface area contributed by atoms with Crippen molar-refractivity contribution in [2.75, 3.05) is 34.0 Å². The quantitative estimate of drug-likeness (QED) is 0.173. The Kier molecular flexibility index (Phi) is 12.3. The number of likely N-dealkylation sites (N-methyl/N-ethyl adjacent to an activating group) is 1. The van der Waals surface area contributed by atoms with Crippen molar-refractivity contribution in [3.63, 3.8) is 0 Å². The van der Waals surface area contributed by atoms with Crippen LogP contribution in [0.2, 0.25) is 0 Å². The first-order valence-electron chi connectivity index (χ1n) is 14.0. The first kappa shape index (κ1) is 32.3. The first-order valence-corrected chi connectivity index (χ1v) is 14.0. The third kappa shape index (κ3) is 8.87. The number of methoxy groups -OCH3 is 2. The summed E-state index contributed by atoms with van der Waals surface area (Å²) in [5.74, 6) is -0.739. The predicted molar refractivity (Wildman–Crippen MR) is 151 cm³/mol. The van der Waals surface area contributed by atoms with Gasteiger partial charge in [-0.15, -0.1) is 0 Å². The average molecular weight is 578 g/mol. The van der Waals surface area contributed by atoms with Crippen molar-refractivity contribution in [2.45, 2.75) is 69.8 Å². The van der Waals surface area contributed by atoms with Crippen molar-refractivity contribution >= 4 is 5.97 Å². The number of carboxylic acid groups (broad SMARTS) is 1. The highest BCUT2D eigenvalue weighted by atomic mass is 16.5. The van der Waals surface area contributed by atoms with Crippen LogP contribution >= 0.6 is 0 Å². The van der Waals surface area contributed by atoms with Gasteiger partial charge in [0.2, 0.25) is 5.75 Å². The highest BCUT2D eigenvalue weighted by molar-refractivity contribution is 5.66. The lowest BCUT2D eigenvalue weighted by molar-refractivity contribution is -0.144. The van der Waals surface area contributed by atoms with Crippen LogP contribution in [-0.4, -0.2) is 83.7 Å². The first-order chi connectivity index (χ1) is 19.7. The van der Waals surface area contributed by atoms with Gasteiger partial charge in [0.25, 0.3) is 0 Å². The second kappa shape index (κ2) is 15.7. The van der Waals surface area contributed by atoms with Gasteiger partial charge in [-0.2, -0.15) is 0 Å². The number of aromatic hydroxyl groups is 2. The summed E-state index contributed by atoms with van der Waals surface area (Å²) < 4.78 is 23.1. The molecule has 5 atom stereocenters. The Morgan fingerprint density at radius 2 is 1.83 bits per heavy atom. The van der Waals surface area contributed by atoms with Crippen molar-refractivity contribution in [3.05, 3.63) is 41.5 Å². The number of benzene rings is 2. The number of carboxylic acids is 1. The smallest absolute Gasteiger partial charge is 0.303 e. The molecule has 228 valence electrons. The minimum absolute atomic E-state index is 0.0225. The number of aryl methyl sites for hydroxylation is 1. The number of ether oxygens (including phenoxy) is 4. The van der Waals surface area contributed by atoms with E-state index in [2.05, 4.69) is 5.32 Å². The molecule has 1 fully saturated rings. The second-order valence-corrected chi connectivity index (χ2v) is 10.3. The molecule has 0 amide bonds. The normalized spacial score (nSPS) is 21.3. The third-order valence-electron chi connectivity index (χ3n) is 7.44. The lowest BCUT2D eigenvalue weighted by atomic mass is 9.82. The van der Waals surface area contributed by atoms with Crippen LogP contribution in [0.4, 0.5) is 0 Å². The monoisotopic (exact) mass is 577 g/mol. The number of aliphatic hydroxyl groups is 2. The number of rotatable bonds is 16. The maximum Gasteiger partial charge on any atom is 0.303 e. The Labute approximate surface area is 240 Å². The maximum absolute atomic E-state index is 11.1. The molecular formula is C30H43NO10. The van der Waals surface area contributed by atoms with Crippen molar-refractivity contribution in [1.82, 2.24) is 5.32 Å². The molecule has 0 bridgehead atoms. The molecule has 11 heteroatoms. The Bertz CT molecular complexity index is 1130. The molecule has 41 heavy (non-hydrogen) atoms. The number of aliphatic hydroxyl groups excluding tert-OH is 2. The molecular weight excluding hydrogens is 534 g/mol. The van der Waals surface area contributed by atoms with Crippen LogP contribution in [0.25, 0.3) is 0 Å². The molecule has 0 aliphatic carbocycles. The van der Waals surface area contributed by atoms with Crippen LogP contribution in [0.5, 0.6) is 28.7 Å². The van der Waals surface area contributed by atoms with Gasteiger partial charge in [-0.3, -0.25) is 4.79 Å². The Morgan fingerprint density at radius 3 is 2.49 bits per heavy atom. The van der Waals surface area contributed by atoms with Gasteiger partial charge in [0.05, 0.1) is 32.5 Å². The summed E-state index contributed by atoms with van der Waals surface area (Å²) in [6.45, 7) is 2.52. The minimum atomic E-state index is -0.901. The Hall–Kier alpha value is -3.25. The number of hydrogen-bond acceptors (Lipinski definition) is 10. The van der Waals surface area contributed by atoms with Gasteiger partial charge in [0.15, 0.2) is 23.0 Å². The lowest BCUT2D eigenvalue weighted by Gasteiger charge is -2.40. The van der Waals surface area contributed by atoms with E-state index >= 15 is 0 Å². The lowest BCUT2D eigenvalue weighted by Crippen LogP contribution is -2.40. The number of carbonyl (C=O) groups is 1. The molecule has 1 heterocycles. The van der Waals surface area contributed by atoms with Crippen molar-refractivity contribution in [3.8, 4) is 28.7 Å². The van der Waals surface area contributed by atoms with E-state index in [0.717, 1.165) is 5.56 Å². The fourth-order valence-electron chi connectivity index (χ4n) is 5.27. The topological polar surface area (TPSA) is 167 Å². The van der Waals surface area contributed by atoms with E-state index < -0.39 is 24.1 Å². The summed E-state index contributed by atoms with van der Waals surface area (Å²) in [5.41, 5.74) is 1.57. The summed E-state index contributed by atoms with van der Waals surface area (Å²) >= 11 is 0. The third-order valence-corrected chi connectivity index (χ3v) is 7.44. The molecule has 6 N–H and O–H groups in total. The fourth-order valence-corrected chi connectivity index (χ4v) is 5.27. The maximum atomic E-state index is 11.1. The number of phenols is 2. The van der Waals surface area contributed by atoms with Gasteiger partial charge in [0.1, 0.15) is 6.61 Å². The molecule has 11 nitrogen and oxygen atoms in total. The largest absolute Gasteiger partial charge is 0.504 e. The second-order valence-electron chi connectivity index (χ2n) is 10.3. The van der Waals surface area contributed by atoms with Crippen LogP contribution in [0.1, 0.15) is 56.3 Å². The SMILES string of the molecule is CCNC(CCC(=O)O)COc1cc(C2OC(CCc3ccc(O)c(OC)c3)CC(O)C2CCO)cc(OC)c1O. The van der Waals surface area contributed by atoms with Crippen LogP contribution < -0.4 is 19.5 Å². The van der Waals surface area contributed by atoms with E-state index in [0.29, 0.717) is 50.0 Å². The predicted octanol–water partition coefficient (Wildman–Crippen LogP) is 3.16. The fraction of sp³-hybridized carbons (Fsp3) is 0.567. The summed E-state index contributed by atoms with van der Waals surface area (Å²) in [4.78, 5) is 11.1. The molecule has 3 rings (SSSR count). The number of nitrogens with one attached hydrogen (secondary N) is 1. The van der Waals surface area contributed by atoms with E-state index in [1.807, 2.05) is 13.0 Å². The minimum Gasteiger partial charge on any atom is -0.504 e. The Balaban J connectivity index is 1.83. The Morgan fingerprint density at radius 1 is 1.10 bits per heavy atom. The summed E-state index contributed by atoms with van der Waals surface area (Å²) in [5, 5.41) is 53.8. The molecule has 0 saturated carbocycles. The van der Waals surface area contributed by atoms with Gasteiger partial charge in [-0.05, 0) is 74.0 Å². The van der Waals surface area contributed by atoms with Crippen molar-refractivity contribution in [2.24, 2.45) is 5.92 Å². The van der Waals surface area contributed by atoms with E-state index in [1.165, 1.54) is 14.2 Å². The highest BCUT2D eigenvalue weighted by Gasteiger charge is 2.39. The van der Waals surface area contributed by atoms with E-state index in [9.17, 15) is 25.2 Å². The number of phenolic OH excluding ortho intramolecular Hbond substituents is 2. The molecule has 2 aromatic carbocycles. The van der Waals surface area contributed by atoms with E-state index in [1.54, 1.807) is 24.3 Å². The molecule has 2 aromatic rings. The van der Waals surface area contributed by atoms with Gasteiger partial charge in [0, 0.05) is 25.0 Å². The van der Waals surface area contributed by atoms with Crippen LogP contribution in [0.15, 0.2) is 30.3 Å². The van der Waals surface area contributed by atoms with E-state index in [-0.39, 0.29) is 54.8 Å². The molecule has 1 aliphatic rings. The molecule has 0 spiro atoms. The van der Waals surface area contributed by atoms with Crippen LogP contribution in [0, 0.1) is 5.92 Å². The summed E-state index contributed by atoms with van der Waals surface area (Å²) in [6, 6.07) is 8.21.